The second kappa shape index (κ2) is 8.11. The Labute approximate surface area is 148 Å². The summed E-state index contributed by atoms with van der Waals surface area (Å²) in [6, 6.07) is 4.14. The second-order valence-electron chi connectivity index (χ2n) is 6.52. The summed E-state index contributed by atoms with van der Waals surface area (Å²) in [5.74, 6) is 1.07. The zero-order chi connectivity index (χ0) is 17.6. The summed E-state index contributed by atoms with van der Waals surface area (Å²) in [5, 5.41) is 0. The molecule has 7 heteroatoms. The van der Waals surface area contributed by atoms with E-state index in [0.717, 1.165) is 18.7 Å². The molecule has 2 aromatic heterocycles. The Hall–Kier alpha value is -2.41. The van der Waals surface area contributed by atoms with Crippen LogP contribution < -0.4 is 4.90 Å². The van der Waals surface area contributed by atoms with E-state index in [0.29, 0.717) is 26.2 Å². The van der Waals surface area contributed by atoms with Gasteiger partial charge in [0.2, 0.25) is 5.91 Å². The highest BCUT2D eigenvalue weighted by molar-refractivity contribution is 5.76. The predicted octanol–water partition coefficient (Wildman–Crippen LogP) is 1.20. The van der Waals surface area contributed by atoms with Gasteiger partial charge in [0.1, 0.15) is 12.4 Å². The van der Waals surface area contributed by atoms with E-state index < -0.39 is 0 Å². The molecular weight excluding hydrogens is 318 g/mol. The molecule has 0 aromatic carbocycles. The number of hydrogen-bond acceptors (Lipinski definition) is 5. The highest BCUT2D eigenvalue weighted by Crippen LogP contribution is 2.15. The maximum absolute atomic E-state index is 12.4. The summed E-state index contributed by atoms with van der Waals surface area (Å²) in [6.45, 7) is 2.24. The first-order chi connectivity index (χ1) is 12.1. The van der Waals surface area contributed by atoms with Gasteiger partial charge in [0.25, 0.3) is 0 Å². The molecule has 0 bridgehead atoms. The Balaban J connectivity index is 1.51. The smallest absolute Gasteiger partial charge is 0.242 e. The van der Waals surface area contributed by atoms with E-state index in [1.807, 2.05) is 42.4 Å². The quantitative estimate of drug-likeness (QED) is 0.789. The van der Waals surface area contributed by atoms with Gasteiger partial charge in [0, 0.05) is 45.8 Å². The number of amides is 1. The van der Waals surface area contributed by atoms with Crippen LogP contribution in [0.1, 0.15) is 12.0 Å². The molecule has 0 spiro atoms. The molecule has 7 nitrogen and oxygen atoms in total. The molecule has 1 aliphatic heterocycles. The van der Waals surface area contributed by atoms with Gasteiger partial charge in [-0.2, -0.15) is 0 Å². The minimum absolute atomic E-state index is 0.0801. The fourth-order valence-corrected chi connectivity index (χ4v) is 2.95. The van der Waals surface area contributed by atoms with Gasteiger partial charge in [-0.25, -0.2) is 9.97 Å². The number of carbonyl (C=O) groups excluding carboxylic acids is 1. The lowest BCUT2D eigenvalue weighted by molar-refractivity contribution is -0.139. The Morgan fingerprint density at radius 1 is 1.40 bits per heavy atom. The number of nitrogens with zero attached hydrogens (tertiary/aromatic N) is 5. The van der Waals surface area contributed by atoms with E-state index >= 15 is 0 Å². The van der Waals surface area contributed by atoms with Crippen molar-refractivity contribution in [1.82, 2.24) is 19.4 Å². The zero-order valence-corrected chi connectivity index (χ0v) is 14.8. The van der Waals surface area contributed by atoms with Crippen LogP contribution in [0.2, 0.25) is 0 Å². The Morgan fingerprint density at radius 3 is 3.04 bits per heavy atom. The molecule has 0 saturated carbocycles. The number of anilines is 1. The van der Waals surface area contributed by atoms with Crippen LogP contribution in [0.3, 0.4) is 0 Å². The molecule has 25 heavy (non-hydrogen) atoms. The van der Waals surface area contributed by atoms with Crippen molar-refractivity contribution in [1.29, 1.82) is 0 Å². The third-order valence-corrected chi connectivity index (χ3v) is 4.39. The largest absolute Gasteiger partial charge is 0.375 e. The second-order valence-corrected chi connectivity index (χ2v) is 6.52. The zero-order valence-electron chi connectivity index (χ0n) is 14.8. The van der Waals surface area contributed by atoms with E-state index in [-0.39, 0.29) is 12.0 Å². The van der Waals surface area contributed by atoms with Crippen LogP contribution in [-0.4, -0.2) is 65.2 Å². The Morgan fingerprint density at radius 2 is 2.28 bits per heavy atom. The van der Waals surface area contributed by atoms with Gasteiger partial charge in [0.15, 0.2) is 0 Å². The molecule has 1 fully saturated rings. The number of aromatic nitrogens is 3. The predicted molar refractivity (Wildman–Crippen MR) is 95.4 cm³/mol. The van der Waals surface area contributed by atoms with Crippen molar-refractivity contribution < 1.29 is 9.53 Å². The van der Waals surface area contributed by atoms with Crippen LogP contribution in [0.4, 0.5) is 5.82 Å². The molecule has 3 heterocycles. The van der Waals surface area contributed by atoms with Crippen LogP contribution in [0.25, 0.3) is 0 Å². The number of aryl methyl sites for hydroxylation is 1. The van der Waals surface area contributed by atoms with Crippen LogP contribution in [-0.2, 0) is 22.5 Å². The number of ether oxygens (including phenoxy) is 1. The maximum Gasteiger partial charge on any atom is 0.242 e. The minimum atomic E-state index is 0.0801. The SMILES string of the molecule is CN(C)c1cc(CCC2CN(C(=O)Cn3ccnc3)CCO2)ccn1. The van der Waals surface area contributed by atoms with E-state index in [1.165, 1.54) is 5.56 Å². The van der Waals surface area contributed by atoms with Crippen molar-refractivity contribution in [2.45, 2.75) is 25.5 Å². The highest BCUT2D eigenvalue weighted by atomic mass is 16.5. The lowest BCUT2D eigenvalue weighted by Crippen LogP contribution is -2.46. The van der Waals surface area contributed by atoms with Crippen LogP contribution in [0.5, 0.6) is 0 Å². The van der Waals surface area contributed by atoms with Crippen LogP contribution >= 0.6 is 0 Å². The molecular formula is C18H25N5O2. The third kappa shape index (κ3) is 4.79. The molecule has 0 aliphatic carbocycles. The van der Waals surface area contributed by atoms with E-state index in [9.17, 15) is 4.79 Å². The summed E-state index contributed by atoms with van der Waals surface area (Å²) in [4.78, 5) is 24.6. The topological polar surface area (TPSA) is 63.5 Å². The Kier molecular flexibility index (Phi) is 5.65. The van der Waals surface area contributed by atoms with Crippen LogP contribution in [0.15, 0.2) is 37.1 Å². The highest BCUT2D eigenvalue weighted by Gasteiger charge is 2.24. The van der Waals surface area contributed by atoms with E-state index in [1.54, 1.807) is 17.1 Å². The number of rotatable bonds is 6. The van der Waals surface area contributed by atoms with Crippen molar-refractivity contribution in [2.24, 2.45) is 0 Å². The third-order valence-electron chi connectivity index (χ3n) is 4.39. The fraction of sp³-hybridized carbons (Fsp3) is 0.500. The molecule has 2 aromatic rings. The van der Waals surface area contributed by atoms with Crippen molar-refractivity contribution in [3.05, 3.63) is 42.6 Å². The number of pyridine rings is 1. The molecule has 1 unspecified atom stereocenters. The van der Waals surface area contributed by atoms with Crippen molar-refractivity contribution >= 4 is 11.7 Å². The minimum Gasteiger partial charge on any atom is -0.375 e. The van der Waals surface area contributed by atoms with Gasteiger partial charge in [-0.05, 0) is 30.5 Å². The maximum atomic E-state index is 12.4. The number of morpholine rings is 1. The molecule has 134 valence electrons. The molecule has 0 radical (unpaired) electrons. The number of carbonyl (C=O) groups is 1. The lowest BCUT2D eigenvalue weighted by Gasteiger charge is -2.33. The molecule has 3 rings (SSSR count). The average molecular weight is 343 g/mol. The standard InChI is InChI=1S/C18H25N5O2/c1-21(2)17-11-15(5-6-20-17)3-4-16-12-23(9-10-25-16)18(24)13-22-8-7-19-14-22/h5-8,11,14,16H,3-4,9-10,12-13H2,1-2H3. The van der Waals surface area contributed by atoms with E-state index in [2.05, 4.69) is 16.0 Å². The van der Waals surface area contributed by atoms with Gasteiger partial charge >= 0.3 is 0 Å². The first-order valence-corrected chi connectivity index (χ1v) is 8.59. The first-order valence-electron chi connectivity index (χ1n) is 8.59. The van der Waals surface area contributed by atoms with Crippen LogP contribution in [0, 0.1) is 0 Å². The monoisotopic (exact) mass is 343 g/mol. The molecule has 1 saturated heterocycles. The van der Waals surface area contributed by atoms with Gasteiger partial charge < -0.3 is 19.1 Å². The van der Waals surface area contributed by atoms with Crippen molar-refractivity contribution in [2.75, 3.05) is 38.7 Å². The fourth-order valence-electron chi connectivity index (χ4n) is 2.95. The van der Waals surface area contributed by atoms with Gasteiger partial charge in [-0.3, -0.25) is 4.79 Å². The average Bonchev–Trinajstić information content (AvgIpc) is 3.13. The van der Waals surface area contributed by atoms with E-state index in [4.69, 9.17) is 4.74 Å². The molecule has 0 N–H and O–H groups in total. The van der Waals surface area contributed by atoms with Gasteiger partial charge in [-0.1, -0.05) is 0 Å². The summed E-state index contributed by atoms with van der Waals surface area (Å²) in [7, 11) is 3.97. The molecule has 1 aliphatic rings. The van der Waals surface area contributed by atoms with Crippen molar-refractivity contribution in [3.8, 4) is 0 Å². The number of imidazole rings is 1. The normalized spacial score (nSPS) is 17.5. The molecule has 1 amide bonds. The van der Waals surface area contributed by atoms with Crippen molar-refractivity contribution in [3.63, 3.8) is 0 Å². The Bertz CT molecular complexity index is 687. The number of hydrogen-bond donors (Lipinski definition) is 0. The summed E-state index contributed by atoms with van der Waals surface area (Å²) in [5.41, 5.74) is 1.24. The van der Waals surface area contributed by atoms with Gasteiger partial charge in [-0.15, -0.1) is 0 Å². The lowest BCUT2D eigenvalue weighted by atomic mass is 10.1. The molecule has 1 atom stereocenters. The summed E-state index contributed by atoms with van der Waals surface area (Å²) in [6.07, 6.45) is 8.89. The first kappa shape index (κ1) is 17.4. The van der Waals surface area contributed by atoms with Gasteiger partial charge in [0.05, 0.1) is 19.0 Å². The summed E-state index contributed by atoms with van der Waals surface area (Å²) < 4.78 is 7.65. The summed E-state index contributed by atoms with van der Waals surface area (Å²) >= 11 is 0.